The van der Waals surface area contributed by atoms with Gasteiger partial charge in [0, 0.05) is 23.6 Å². The summed E-state index contributed by atoms with van der Waals surface area (Å²) in [5.41, 5.74) is 5.26. The number of hydrogen-bond acceptors (Lipinski definition) is 15. The van der Waals surface area contributed by atoms with Crippen LogP contribution in [0.4, 0.5) is 16.2 Å². The van der Waals surface area contributed by atoms with E-state index in [0.29, 0.717) is 0 Å². The normalized spacial score (nSPS) is 35.7. The third-order valence-corrected chi connectivity index (χ3v) is 9.54. The molecule has 4 aliphatic rings. The summed E-state index contributed by atoms with van der Waals surface area (Å²) in [6, 6.07) is 0. The zero-order chi connectivity index (χ0) is 30.0. The Morgan fingerprint density at radius 3 is 2.81 bits per heavy atom. The Morgan fingerprint density at radius 1 is 1.16 bits per heavy atom. The van der Waals surface area contributed by atoms with Gasteiger partial charge in [0.25, 0.3) is 5.56 Å². The quantitative estimate of drug-likeness (QED) is 0.327. The summed E-state index contributed by atoms with van der Waals surface area (Å²) < 4.78 is 65.6. The van der Waals surface area contributed by atoms with Gasteiger partial charge >= 0.3 is 15.0 Å². The number of H-pyrrole nitrogens is 1. The lowest BCUT2D eigenvalue weighted by Gasteiger charge is -2.25. The van der Waals surface area contributed by atoms with Crippen molar-refractivity contribution >= 4 is 61.7 Å². The molecule has 0 saturated carbocycles. The Morgan fingerprint density at radius 2 is 1.98 bits per heavy atom. The second-order valence-electron chi connectivity index (χ2n) is 9.93. The highest BCUT2D eigenvalue weighted by molar-refractivity contribution is 8.07. The molecule has 7 heterocycles. The lowest BCUT2D eigenvalue weighted by Crippen LogP contribution is -2.34. The molecule has 3 fully saturated rings. The van der Waals surface area contributed by atoms with Crippen LogP contribution in [0.15, 0.2) is 22.4 Å². The van der Waals surface area contributed by atoms with Gasteiger partial charge < -0.3 is 24.6 Å². The van der Waals surface area contributed by atoms with Crippen molar-refractivity contribution in [3.8, 4) is 0 Å². The maximum Gasteiger partial charge on any atom is 0.697 e. The number of nitrogens with two attached hydrogens (primary N) is 1. The largest absolute Gasteiger partial charge is 0.697 e. The van der Waals surface area contributed by atoms with Gasteiger partial charge in [-0.05, 0) is 11.8 Å². The summed E-state index contributed by atoms with van der Waals surface area (Å²) >= 11 is 5.18. The van der Waals surface area contributed by atoms with Gasteiger partial charge in [-0.3, -0.25) is 28.2 Å². The molecule has 43 heavy (non-hydrogen) atoms. The van der Waals surface area contributed by atoms with E-state index in [1.165, 1.54) is 28.0 Å². The maximum absolute atomic E-state index is 15.9. The number of carbonyl (C=O) groups excluding carboxylic acids is 1. The first-order valence-electron chi connectivity index (χ1n) is 12.8. The number of imidazole rings is 2. The molecule has 3 aromatic heterocycles. The van der Waals surface area contributed by atoms with E-state index in [2.05, 4.69) is 24.9 Å². The summed E-state index contributed by atoms with van der Waals surface area (Å²) in [4.78, 5) is 54.0. The highest BCUT2D eigenvalue weighted by atomic mass is 32.5. The zero-order valence-corrected chi connectivity index (χ0v) is 24.3. The van der Waals surface area contributed by atoms with E-state index in [-0.39, 0.29) is 53.9 Å². The van der Waals surface area contributed by atoms with E-state index >= 15 is 4.39 Å². The topological polar surface area (TPSA) is 230 Å². The lowest BCUT2D eigenvalue weighted by molar-refractivity contribution is -0.0571. The molecule has 22 heteroatoms. The van der Waals surface area contributed by atoms with Crippen molar-refractivity contribution in [2.24, 2.45) is 4.99 Å². The third-order valence-electron chi connectivity index (χ3n) is 7.18. The van der Waals surface area contributed by atoms with Crippen LogP contribution in [0, 0.1) is 0 Å². The molecular weight excluding hydrogens is 637 g/mol. The lowest BCUT2D eigenvalue weighted by atomic mass is 10.1. The molecule has 0 spiro atoms. The Hall–Kier alpha value is -2.90. The van der Waals surface area contributed by atoms with Gasteiger partial charge in [-0.15, -0.1) is 9.05 Å². The van der Waals surface area contributed by atoms with Crippen molar-refractivity contribution in [2.45, 2.75) is 55.9 Å². The molecule has 4 aliphatic heterocycles. The van der Waals surface area contributed by atoms with Crippen LogP contribution in [-0.2, 0) is 43.9 Å². The Balaban J connectivity index is 1.15. The number of anilines is 1. The smallest absolute Gasteiger partial charge is 0.369 e. The number of nitrogens with one attached hydrogen (secondary N) is 1. The molecule has 4 N–H and O–H groups in total. The van der Waals surface area contributed by atoms with Gasteiger partial charge in [0.2, 0.25) is 5.95 Å². The molecule has 3 saturated heterocycles. The molecule has 9 atom stereocenters. The van der Waals surface area contributed by atoms with Crippen LogP contribution in [0.3, 0.4) is 0 Å². The van der Waals surface area contributed by atoms with E-state index in [9.17, 15) is 19.0 Å². The molecule has 3 aromatic rings. The highest BCUT2D eigenvalue weighted by Crippen LogP contribution is 2.51. The number of aromatic amines is 1. The average molecular weight is 659 g/mol. The number of nitrogens with zero attached hydrogens (tertiary/aromatic N) is 6. The number of aliphatic imine (C=N–C) groups is 1. The van der Waals surface area contributed by atoms with Crippen molar-refractivity contribution in [1.82, 2.24) is 29.1 Å². The molecule has 0 aliphatic carbocycles. The first-order chi connectivity index (χ1) is 20.6. The van der Waals surface area contributed by atoms with Crippen molar-refractivity contribution in [1.29, 1.82) is 0 Å². The van der Waals surface area contributed by atoms with Gasteiger partial charge in [0.15, 0.2) is 53.2 Å². The number of ether oxygens (including phenoxy) is 2. The first-order valence-corrected chi connectivity index (χ1v) is 16.5. The van der Waals surface area contributed by atoms with Gasteiger partial charge in [-0.1, -0.05) is 0 Å². The van der Waals surface area contributed by atoms with E-state index < -0.39 is 70.2 Å². The van der Waals surface area contributed by atoms with Crippen LogP contribution < -0.4 is 11.3 Å². The highest BCUT2D eigenvalue weighted by Gasteiger charge is 2.53. The molecule has 228 valence electrons. The monoisotopic (exact) mass is 659 g/mol. The van der Waals surface area contributed by atoms with Crippen molar-refractivity contribution in [3.63, 3.8) is 0 Å². The number of ketones is 1. The number of nitrogen functional groups attached to an aromatic ring is 1. The molecule has 2 unspecified atom stereocenters. The number of rotatable bonds is 2. The van der Waals surface area contributed by atoms with Gasteiger partial charge in [-0.25, -0.2) is 19.4 Å². The number of Topliss-reactive ketones (excluding diaryl/α,β-unsaturated/α-hetero) is 1. The van der Waals surface area contributed by atoms with Gasteiger partial charge in [-0.2, -0.15) is 4.98 Å². The van der Waals surface area contributed by atoms with E-state index in [1.54, 1.807) is 0 Å². The molecule has 0 aromatic carbocycles. The first kappa shape index (κ1) is 28.8. The number of aromatic nitrogens is 6. The van der Waals surface area contributed by atoms with Gasteiger partial charge in [0.1, 0.15) is 18.8 Å². The van der Waals surface area contributed by atoms with Crippen LogP contribution in [-0.4, -0.2) is 89.8 Å². The predicted molar refractivity (Wildman–Crippen MR) is 145 cm³/mol. The molecule has 7 rings (SSSR count). The minimum atomic E-state index is -4.11. The van der Waals surface area contributed by atoms with Crippen molar-refractivity contribution < 1.29 is 46.2 Å². The fourth-order valence-corrected chi connectivity index (χ4v) is 7.48. The molecule has 2 bridgehead atoms. The van der Waals surface area contributed by atoms with Crippen LogP contribution in [0.5, 0.6) is 0 Å². The molecule has 0 amide bonds. The second-order valence-corrected chi connectivity index (χ2v) is 13.6. The Labute approximate surface area is 245 Å². The minimum Gasteiger partial charge on any atom is -0.369 e. The van der Waals surface area contributed by atoms with Gasteiger partial charge in [0.05, 0.1) is 25.4 Å². The average Bonchev–Trinajstić information content (AvgIpc) is 3.72. The van der Waals surface area contributed by atoms with Crippen LogP contribution in [0.2, 0.25) is 0 Å². The minimum absolute atomic E-state index is 0.0143. The van der Waals surface area contributed by atoms with E-state index in [1.807, 2.05) is 0 Å². The van der Waals surface area contributed by atoms with E-state index in [4.69, 9.17) is 45.1 Å². The van der Waals surface area contributed by atoms with Crippen LogP contribution in [0.25, 0.3) is 11.2 Å². The third kappa shape index (κ3) is 5.27. The maximum atomic E-state index is 15.9. The summed E-state index contributed by atoms with van der Waals surface area (Å²) in [5.74, 6) is -0.357. The summed E-state index contributed by atoms with van der Waals surface area (Å²) in [7, 11) is -2.85. The number of hydrogen-bond donors (Lipinski definition) is 3. The van der Waals surface area contributed by atoms with Crippen molar-refractivity contribution in [2.75, 3.05) is 18.9 Å². The van der Waals surface area contributed by atoms with Crippen molar-refractivity contribution in [3.05, 3.63) is 28.7 Å². The summed E-state index contributed by atoms with van der Waals surface area (Å²) in [6.45, 7) is -4.93. The van der Waals surface area contributed by atoms with Crippen LogP contribution >= 0.6 is 15.0 Å². The van der Waals surface area contributed by atoms with Crippen LogP contribution in [0.1, 0.15) is 35.8 Å². The second kappa shape index (κ2) is 10.9. The standard InChI is InChI=1S/C21H21FN8O10P2S/c22-12-15-11(38-20(12)29-6-25-13-9(31)1-2-24-16(13)29)5-35-41(33)39-10-3-8(4-36-42(34,43)40-15)37-19(10)30-7-26-14-17(30)27-21(23)28-18(14)32/h2,6-8,10-12,15,19-20H,1,3-5H2,(H3-,23,27,28,32,34,43)/p+1/t8-,10+,11+,12-,15+,19+,20+,42?/m0/s1. The Bertz CT molecular complexity index is 1770. The summed E-state index contributed by atoms with van der Waals surface area (Å²) in [5, 5.41) is 0. The Kier molecular flexibility index (Phi) is 7.32. The molecule has 0 radical (unpaired) electrons. The van der Waals surface area contributed by atoms with E-state index in [0.717, 1.165) is 0 Å². The fourth-order valence-electron chi connectivity index (χ4n) is 5.28. The molecule has 18 nitrogen and oxygen atoms in total. The SMILES string of the molecule is Nc1nc2c(ncn2[C@@H]2O[C@@H]3COP(O)(=S)O[C@H]4[C@H](F)[C@H](n5cnc6c5N=CCC6=O)O[C@@H]4CO[P+](=O)O[C@@H]2C3)c(=O)[nH]1. The number of fused-ring (bicyclic) bond motifs is 5. The predicted octanol–water partition coefficient (Wildman–Crippen LogP) is 1.10. The number of alkyl halides is 1. The zero-order valence-electron chi connectivity index (χ0n) is 21.7. The molecular formula is C21H22FN8O10P2S+. The fraction of sp³-hybridized carbons (Fsp3) is 0.524. The summed E-state index contributed by atoms with van der Waals surface area (Å²) in [6.07, 6.45) is -4.85. The number of carbonyl (C=O) groups is 1. The number of halogens is 1.